The molecule has 1 saturated heterocycles. The van der Waals surface area contributed by atoms with Gasteiger partial charge in [-0.05, 0) is 42.7 Å². The Morgan fingerprint density at radius 3 is 2.68 bits per heavy atom. The van der Waals surface area contributed by atoms with E-state index >= 15 is 0 Å². The van der Waals surface area contributed by atoms with Gasteiger partial charge in [0.05, 0.1) is 12.7 Å². The first kappa shape index (κ1) is 17.4. The third-order valence-corrected chi connectivity index (χ3v) is 4.27. The Labute approximate surface area is 147 Å². The Morgan fingerprint density at radius 1 is 1.16 bits per heavy atom. The van der Waals surface area contributed by atoms with E-state index in [9.17, 15) is 9.18 Å². The number of morpholine rings is 1. The molecule has 0 N–H and O–H groups in total. The summed E-state index contributed by atoms with van der Waals surface area (Å²) in [5, 5.41) is 0. The maximum absolute atomic E-state index is 12.9. The lowest BCUT2D eigenvalue weighted by Crippen LogP contribution is -2.47. The van der Waals surface area contributed by atoms with Crippen molar-refractivity contribution in [1.82, 2.24) is 4.90 Å². The maximum atomic E-state index is 12.9. The van der Waals surface area contributed by atoms with Crippen molar-refractivity contribution >= 4 is 5.91 Å². The van der Waals surface area contributed by atoms with Crippen molar-refractivity contribution in [3.8, 4) is 5.75 Å². The zero-order valence-corrected chi connectivity index (χ0v) is 14.1. The molecule has 1 unspecified atom stereocenters. The minimum atomic E-state index is -0.326. The molecule has 0 aromatic heterocycles. The molecule has 1 atom stereocenters. The fraction of sp³-hybridized carbons (Fsp3) is 0.350. The first-order valence-electron chi connectivity index (χ1n) is 8.52. The van der Waals surface area contributed by atoms with E-state index in [2.05, 4.69) is 12.1 Å². The van der Waals surface area contributed by atoms with Gasteiger partial charge in [0.15, 0.2) is 6.61 Å². The van der Waals surface area contributed by atoms with Crippen LogP contribution in [-0.2, 0) is 16.0 Å². The fourth-order valence-corrected chi connectivity index (χ4v) is 2.86. The topological polar surface area (TPSA) is 38.8 Å². The molecule has 2 aromatic carbocycles. The van der Waals surface area contributed by atoms with Crippen molar-refractivity contribution in [1.29, 1.82) is 0 Å². The maximum Gasteiger partial charge on any atom is 0.260 e. The highest BCUT2D eigenvalue weighted by Gasteiger charge is 2.24. The van der Waals surface area contributed by atoms with Crippen molar-refractivity contribution < 1.29 is 18.7 Å². The highest BCUT2D eigenvalue weighted by Crippen LogP contribution is 2.14. The summed E-state index contributed by atoms with van der Waals surface area (Å²) >= 11 is 0. The van der Waals surface area contributed by atoms with Crippen LogP contribution in [0.1, 0.15) is 12.0 Å². The van der Waals surface area contributed by atoms with Crippen molar-refractivity contribution in [2.24, 2.45) is 0 Å². The van der Waals surface area contributed by atoms with Gasteiger partial charge in [-0.2, -0.15) is 0 Å². The van der Waals surface area contributed by atoms with Crippen LogP contribution in [0, 0.1) is 5.82 Å². The lowest BCUT2D eigenvalue weighted by molar-refractivity contribution is -0.141. The Morgan fingerprint density at radius 2 is 1.92 bits per heavy atom. The average molecular weight is 343 g/mol. The highest BCUT2D eigenvalue weighted by molar-refractivity contribution is 5.77. The molecule has 132 valence electrons. The summed E-state index contributed by atoms with van der Waals surface area (Å²) in [4.78, 5) is 14.1. The Hall–Kier alpha value is -2.40. The number of carbonyl (C=O) groups is 1. The van der Waals surface area contributed by atoms with Gasteiger partial charge in [0.25, 0.3) is 5.91 Å². The van der Waals surface area contributed by atoms with Crippen LogP contribution in [-0.4, -0.2) is 43.2 Å². The van der Waals surface area contributed by atoms with Crippen LogP contribution in [0.25, 0.3) is 0 Å². The molecule has 4 nitrogen and oxygen atoms in total. The van der Waals surface area contributed by atoms with Gasteiger partial charge in [0.1, 0.15) is 11.6 Å². The molecular weight excluding hydrogens is 321 g/mol. The molecule has 1 fully saturated rings. The normalized spacial score (nSPS) is 17.3. The van der Waals surface area contributed by atoms with Gasteiger partial charge in [0, 0.05) is 13.1 Å². The number of amides is 1. The molecule has 1 amide bonds. The summed E-state index contributed by atoms with van der Waals surface area (Å²) in [6, 6.07) is 15.9. The zero-order valence-electron chi connectivity index (χ0n) is 14.1. The van der Waals surface area contributed by atoms with Crippen molar-refractivity contribution in [3.05, 3.63) is 66.0 Å². The minimum absolute atomic E-state index is 0.0446. The van der Waals surface area contributed by atoms with E-state index in [1.165, 1.54) is 29.8 Å². The van der Waals surface area contributed by atoms with Gasteiger partial charge in [-0.1, -0.05) is 30.3 Å². The van der Waals surface area contributed by atoms with Crippen molar-refractivity contribution in [2.75, 3.05) is 26.3 Å². The van der Waals surface area contributed by atoms with Gasteiger partial charge in [0.2, 0.25) is 0 Å². The van der Waals surface area contributed by atoms with Crippen LogP contribution in [0.3, 0.4) is 0 Å². The number of hydrogen-bond acceptors (Lipinski definition) is 3. The second-order valence-corrected chi connectivity index (χ2v) is 6.10. The Balaban J connectivity index is 1.45. The third-order valence-electron chi connectivity index (χ3n) is 4.27. The molecule has 0 bridgehead atoms. The summed E-state index contributed by atoms with van der Waals surface area (Å²) in [6.45, 7) is 1.66. The van der Waals surface area contributed by atoms with Gasteiger partial charge in [-0.15, -0.1) is 0 Å². The third kappa shape index (κ3) is 5.29. The van der Waals surface area contributed by atoms with Crippen LogP contribution >= 0.6 is 0 Å². The minimum Gasteiger partial charge on any atom is -0.484 e. The number of nitrogens with zero attached hydrogens (tertiary/aromatic N) is 1. The van der Waals surface area contributed by atoms with Gasteiger partial charge in [-0.25, -0.2) is 4.39 Å². The van der Waals surface area contributed by atoms with E-state index in [1.54, 1.807) is 4.90 Å². The van der Waals surface area contributed by atoms with Crippen LogP contribution in [0.15, 0.2) is 54.6 Å². The van der Waals surface area contributed by atoms with E-state index in [4.69, 9.17) is 9.47 Å². The van der Waals surface area contributed by atoms with E-state index in [1.807, 2.05) is 18.2 Å². The molecule has 25 heavy (non-hydrogen) atoms. The largest absolute Gasteiger partial charge is 0.484 e. The molecule has 3 rings (SSSR count). The van der Waals surface area contributed by atoms with Gasteiger partial charge < -0.3 is 14.4 Å². The van der Waals surface area contributed by atoms with E-state index in [-0.39, 0.29) is 24.4 Å². The van der Waals surface area contributed by atoms with E-state index in [0.717, 1.165) is 12.8 Å². The number of carbonyl (C=O) groups excluding carboxylic acids is 1. The number of hydrogen-bond donors (Lipinski definition) is 0. The summed E-state index contributed by atoms with van der Waals surface area (Å²) in [5.41, 5.74) is 1.27. The molecule has 1 heterocycles. The van der Waals surface area contributed by atoms with Crippen LogP contribution in [0.5, 0.6) is 5.75 Å². The number of halogens is 1. The Kier molecular flexibility index (Phi) is 6.01. The number of benzene rings is 2. The van der Waals surface area contributed by atoms with Gasteiger partial charge in [-0.3, -0.25) is 4.79 Å². The number of ether oxygens (including phenoxy) is 2. The molecule has 1 aliphatic heterocycles. The predicted octanol–water partition coefficient (Wildman–Crippen LogP) is 3.06. The van der Waals surface area contributed by atoms with Crippen molar-refractivity contribution in [2.45, 2.75) is 18.9 Å². The molecule has 0 radical (unpaired) electrons. The lowest BCUT2D eigenvalue weighted by atomic mass is 10.1. The SMILES string of the molecule is O=C(COc1ccc(F)cc1)N1CCOC(CCc2ccccc2)C1. The molecule has 1 aliphatic rings. The molecular formula is C20H22FNO3. The molecule has 0 spiro atoms. The van der Waals surface area contributed by atoms with Crippen LogP contribution in [0.4, 0.5) is 4.39 Å². The second kappa shape index (κ2) is 8.62. The lowest BCUT2D eigenvalue weighted by Gasteiger charge is -2.33. The predicted molar refractivity (Wildman–Crippen MR) is 93.0 cm³/mol. The number of aryl methyl sites for hydroxylation is 1. The summed E-state index contributed by atoms with van der Waals surface area (Å²) < 4.78 is 24.1. The molecule has 0 aliphatic carbocycles. The standard InChI is InChI=1S/C20H22FNO3/c21-17-7-10-18(11-8-17)25-15-20(23)22-12-13-24-19(14-22)9-6-16-4-2-1-3-5-16/h1-5,7-8,10-11,19H,6,9,12-15H2. The molecule has 5 heteroatoms. The zero-order chi connectivity index (χ0) is 17.5. The first-order valence-corrected chi connectivity index (χ1v) is 8.52. The van der Waals surface area contributed by atoms with Crippen molar-refractivity contribution in [3.63, 3.8) is 0 Å². The Bertz CT molecular complexity index is 675. The van der Waals surface area contributed by atoms with Crippen LogP contribution < -0.4 is 4.74 Å². The monoisotopic (exact) mass is 343 g/mol. The summed E-state index contributed by atoms with van der Waals surface area (Å²) in [5.74, 6) is 0.0917. The molecule has 0 saturated carbocycles. The average Bonchev–Trinajstić information content (AvgIpc) is 2.67. The quantitative estimate of drug-likeness (QED) is 0.809. The van der Waals surface area contributed by atoms with Gasteiger partial charge >= 0.3 is 0 Å². The summed E-state index contributed by atoms with van der Waals surface area (Å²) in [6.07, 6.45) is 1.86. The van der Waals surface area contributed by atoms with E-state index < -0.39 is 0 Å². The fourth-order valence-electron chi connectivity index (χ4n) is 2.86. The molecule has 2 aromatic rings. The first-order chi connectivity index (χ1) is 12.2. The number of rotatable bonds is 6. The van der Waals surface area contributed by atoms with E-state index in [0.29, 0.717) is 25.4 Å². The smallest absolute Gasteiger partial charge is 0.260 e. The highest BCUT2D eigenvalue weighted by atomic mass is 19.1. The second-order valence-electron chi connectivity index (χ2n) is 6.10. The summed E-state index contributed by atoms with van der Waals surface area (Å²) in [7, 11) is 0. The van der Waals surface area contributed by atoms with Crippen LogP contribution in [0.2, 0.25) is 0 Å².